The minimum atomic E-state index is -0.222. The zero-order valence-electron chi connectivity index (χ0n) is 17.7. The Morgan fingerprint density at radius 1 is 1.23 bits per heavy atom. The first-order chi connectivity index (χ1) is 14.5. The average molecular weight is 425 g/mol. The van der Waals surface area contributed by atoms with E-state index >= 15 is 0 Å². The number of hydrogen-bond donors (Lipinski definition) is 1. The molecule has 5 nitrogen and oxygen atoms in total. The number of piperidine rings is 1. The molecule has 4 rings (SSSR count). The number of ether oxygens (including phenoxy) is 1. The molecule has 1 aromatic carbocycles. The molecule has 1 aliphatic rings. The van der Waals surface area contributed by atoms with Gasteiger partial charge in [0.15, 0.2) is 5.76 Å². The fourth-order valence-electron chi connectivity index (χ4n) is 4.09. The van der Waals surface area contributed by atoms with Crippen molar-refractivity contribution in [1.29, 1.82) is 0 Å². The summed E-state index contributed by atoms with van der Waals surface area (Å²) in [6.07, 6.45) is 3.87. The maximum atomic E-state index is 12.7. The second-order valence-electron chi connectivity index (χ2n) is 7.97. The summed E-state index contributed by atoms with van der Waals surface area (Å²) < 4.78 is 10.8. The molecule has 30 heavy (non-hydrogen) atoms. The molecule has 3 aromatic rings. The van der Waals surface area contributed by atoms with E-state index in [4.69, 9.17) is 9.15 Å². The van der Waals surface area contributed by atoms with Crippen LogP contribution < -0.4 is 10.1 Å². The number of thiophene rings is 1. The quantitative estimate of drug-likeness (QED) is 0.549. The summed E-state index contributed by atoms with van der Waals surface area (Å²) in [5, 5.41) is 3.96. The van der Waals surface area contributed by atoms with Crippen LogP contribution in [-0.4, -0.2) is 31.0 Å². The lowest BCUT2D eigenvalue weighted by atomic mass is 9.92. The molecule has 1 saturated heterocycles. The van der Waals surface area contributed by atoms with Crippen LogP contribution >= 0.6 is 11.3 Å². The number of carbonyl (C=O) groups excluding carboxylic acids is 1. The standard InChI is InChI=1S/C24H28N2O3S/c1-16-9-11-26(12-10-16)22(18-6-4-7-19(15-18)28-3)20-14-17(2)30-24(20)25-23(27)21-8-5-13-29-21/h4-8,13-16,22H,9-12H2,1-3H3,(H,25,27)/t22-/m1/s1. The first-order valence-electron chi connectivity index (χ1n) is 10.4. The number of amides is 1. The van der Waals surface area contributed by atoms with Gasteiger partial charge in [-0.2, -0.15) is 0 Å². The van der Waals surface area contributed by atoms with Gasteiger partial charge in [0.1, 0.15) is 10.8 Å². The number of furan rings is 1. The van der Waals surface area contributed by atoms with E-state index in [0.29, 0.717) is 5.76 Å². The third-order valence-electron chi connectivity index (χ3n) is 5.74. The predicted molar refractivity (Wildman–Crippen MR) is 121 cm³/mol. The number of benzene rings is 1. The molecule has 1 aliphatic heterocycles. The van der Waals surface area contributed by atoms with Gasteiger partial charge in [-0.25, -0.2) is 0 Å². The van der Waals surface area contributed by atoms with Crippen molar-refractivity contribution in [1.82, 2.24) is 4.90 Å². The lowest BCUT2D eigenvalue weighted by Gasteiger charge is -2.37. The Bertz CT molecular complexity index is 988. The number of likely N-dealkylation sites (tertiary alicyclic amines) is 1. The molecule has 0 spiro atoms. The average Bonchev–Trinajstić information content (AvgIpc) is 3.40. The van der Waals surface area contributed by atoms with E-state index in [9.17, 15) is 4.79 Å². The zero-order valence-corrected chi connectivity index (χ0v) is 18.5. The fraction of sp³-hybridized carbons (Fsp3) is 0.375. The van der Waals surface area contributed by atoms with Crippen LogP contribution in [0.3, 0.4) is 0 Å². The second kappa shape index (κ2) is 9.06. The van der Waals surface area contributed by atoms with Crippen molar-refractivity contribution in [3.63, 3.8) is 0 Å². The van der Waals surface area contributed by atoms with Gasteiger partial charge in [0.05, 0.1) is 19.4 Å². The van der Waals surface area contributed by atoms with Crippen molar-refractivity contribution in [3.05, 3.63) is 70.5 Å². The first kappa shape index (κ1) is 20.7. The van der Waals surface area contributed by atoms with E-state index in [-0.39, 0.29) is 11.9 Å². The van der Waals surface area contributed by atoms with Gasteiger partial charge in [0.25, 0.3) is 5.91 Å². The number of anilines is 1. The highest BCUT2D eigenvalue weighted by Gasteiger charge is 2.30. The molecular weight excluding hydrogens is 396 g/mol. The summed E-state index contributed by atoms with van der Waals surface area (Å²) in [6, 6.07) is 13.9. The summed E-state index contributed by atoms with van der Waals surface area (Å²) in [5.41, 5.74) is 2.30. The molecular formula is C24H28N2O3S. The molecule has 1 fully saturated rings. The summed E-state index contributed by atoms with van der Waals surface area (Å²) in [5.74, 6) is 1.68. The Kier molecular flexibility index (Phi) is 6.25. The van der Waals surface area contributed by atoms with Crippen LogP contribution in [0.4, 0.5) is 5.00 Å². The van der Waals surface area contributed by atoms with E-state index in [1.165, 1.54) is 24.7 Å². The second-order valence-corrected chi connectivity index (χ2v) is 9.23. The molecule has 0 bridgehead atoms. The van der Waals surface area contributed by atoms with Crippen molar-refractivity contribution >= 4 is 22.2 Å². The van der Waals surface area contributed by atoms with Crippen LogP contribution in [0.1, 0.15) is 52.4 Å². The molecule has 0 radical (unpaired) electrons. The Morgan fingerprint density at radius 2 is 2.03 bits per heavy atom. The predicted octanol–water partition coefficient (Wildman–Crippen LogP) is 5.73. The summed E-state index contributed by atoms with van der Waals surface area (Å²) >= 11 is 1.61. The van der Waals surface area contributed by atoms with Gasteiger partial charge in [-0.1, -0.05) is 19.1 Å². The summed E-state index contributed by atoms with van der Waals surface area (Å²) in [6.45, 7) is 6.46. The maximum absolute atomic E-state index is 12.7. The lowest BCUT2D eigenvalue weighted by molar-refractivity contribution is 0.0996. The van der Waals surface area contributed by atoms with Gasteiger partial charge >= 0.3 is 0 Å². The number of rotatable bonds is 6. The number of aryl methyl sites for hydroxylation is 1. The molecule has 0 aliphatic carbocycles. The van der Waals surface area contributed by atoms with Gasteiger partial charge in [0, 0.05) is 10.4 Å². The Hall–Kier alpha value is -2.57. The highest BCUT2D eigenvalue weighted by atomic mass is 32.1. The topological polar surface area (TPSA) is 54.7 Å². The Morgan fingerprint density at radius 3 is 2.73 bits per heavy atom. The number of nitrogens with one attached hydrogen (secondary N) is 1. The zero-order chi connectivity index (χ0) is 21.1. The smallest absolute Gasteiger partial charge is 0.291 e. The van der Waals surface area contributed by atoms with Crippen LogP contribution in [0.2, 0.25) is 0 Å². The van der Waals surface area contributed by atoms with Gasteiger partial charge < -0.3 is 14.5 Å². The monoisotopic (exact) mass is 424 g/mol. The van der Waals surface area contributed by atoms with E-state index in [2.05, 4.69) is 42.3 Å². The van der Waals surface area contributed by atoms with Crippen molar-refractivity contribution in [2.75, 3.05) is 25.5 Å². The number of nitrogens with zero attached hydrogens (tertiary/aromatic N) is 1. The molecule has 0 unspecified atom stereocenters. The Balaban J connectivity index is 1.72. The first-order valence-corrected chi connectivity index (χ1v) is 11.2. The molecule has 158 valence electrons. The van der Waals surface area contributed by atoms with Crippen molar-refractivity contribution in [2.45, 2.75) is 32.7 Å². The van der Waals surface area contributed by atoms with Gasteiger partial charge in [-0.15, -0.1) is 11.3 Å². The third-order valence-corrected chi connectivity index (χ3v) is 6.73. The molecule has 1 atom stereocenters. The van der Waals surface area contributed by atoms with Gasteiger partial charge in [-0.05, 0) is 74.7 Å². The van der Waals surface area contributed by atoms with E-state index in [1.807, 2.05) is 12.1 Å². The van der Waals surface area contributed by atoms with E-state index in [1.54, 1.807) is 30.6 Å². The number of hydrogen-bond acceptors (Lipinski definition) is 5. The molecule has 3 heterocycles. The van der Waals surface area contributed by atoms with Crippen molar-refractivity contribution in [3.8, 4) is 5.75 Å². The van der Waals surface area contributed by atoms with Crippen LogP contribution in [0.25, 0.3) is 0 Å². The highest BCUT2D eigenvalue weighted by Crippen LogP contribution is 2.41. The maximum Gasteiger partial charge on any atom is 0.291 e. The van der Waals surface area contributed by atoms with Gasteiger partial charge in [-0.3, -0.25) is 9.69 Å². The van der Waals surface area contributed by atoms with E-state index in [0.717, 1.165) is 40.2 Å². The van der Waals surface area contributed by atoms with Crippen molar-refractivity contribution in [2.24, 2.45) is 5.92 Å². The molecule has 1 amide bonds. The summed E-state index contributed by atoms with van der Waals surface area (Å²) in [4.78, 5) is 16.4. The largest absolute Gasteiger partial charge is 0.497 e. The molecule has 6 heteroatoms. The van der Waals surface area contributed by atoms with Crippen molar-refractivity contribution < 1.29 is 13.9 Å². The minimum absolute atomic E-state index is 0.0597. The minimum Gasteiger partial charge on any atom is -0.497 e. The highest BCUT2D eigenvalue weighted by molar-refractivity contribution is 7.16. The van der Waals surface area contributed by atoms with Crippen LogP contribution in [0.15, 0.2) is 53.1 Å². The lowest BCUT2D eigenvalue weighted by Crippen LogP contribution is -2.37. The van der Waals surface area contributed by atoms with Crippen LogP contribution in [0.5, 0.6) is 5.75 Å². The van der Waals surface area contributed by atoms with Gasteiger partial charge in [0.2, 0.25) is 0 Å². The van der Waals surface area contributed by atoms with E-state index < -0.39 is 0 Å². The SMILES string of the molecule is COc1cccc([C@H](c2cc(C)sc2NC(=O)c2ccco2)N2CCC(C)CC2)c1. The fourth-order valence-corrected chi connectivity index (χ4v) is 5.03. The molecule has 2 aromatic heterocycles. The molecule has 0 saturated carbocycles. The van der Waals surface area contributed by atoms with Crippen LogP contribution in [0, 0.1) is 12.8 Å². The number of methoxy groups -OCH3 is 1. The molecule has 1 N–H and O–H groups in total. The third kappa shape index (κ3) is 4.45. The Labute approximate surface area is 181 Å². The number of carbonyl (C=O) groups is 1. The summed E-state index contributed by atoms with van der Waals surface area (Å²) in [7, 11) is 1.69. The van der Waals surface area contributed by atoms with Crippen LogP contribution in [-0.2, 0) is 0 Å². The normalized spacial score (nSPS) is 16.4.